The van der Waals surface area contributed by atoms with Crippen molar-refractivity contribution in [3.8, 4) is 10.4 Å². The Kier molecular flexibility index (Phi) is 11.0. The summed E-state index contributed by atoms with van der Waals surface area (Å²) in [6.45, 7) is 13.7. The van der Waals surface area contributed by atoms with E-state index >= 15 is 0 Å². The minimum atomic E-state index is -0.850. The van der Waals surface area contributed by atoms with E-state index in [4.69, 9.17) is 0 Å². The number of rotatable bonds is 12. The molecule has 5 heterocycles. The molecule has 3 aliphatic rings. The first-order chi connectivity index (χ1) is 25.2. The molecule has 4 N–H and O–H groups in total. The van der Waals surface area contributed by atoms with E-state index in [1.807, 2.05) is 69.6 Å². The quantitative estimate of drug-likeness (QED) is 0.164. The van der Waals surface area contributed by atoms with Gasteiger partial charge in [-0.25, -0.2) is 9.97 Å². The van der Waals surface area contributed by atoms with Crippen LogP contribution in [0.5, 0.6) is 0 Å². The Bertz CT molecular complexity index is 1960. The van der Waals surface area contributed by atoms with Crippen LogP contribution in [-0.4, -0.2) is 118 Å². The Balaban J connectivity index is 0.861. The van der Waals surface area contributed by atoms with Gasteiger partial charge in [0.15, 0.2) is 5.13 Å². The molecule has 0 unspecified atom stereocenters. The minimum absolute atomic E-state index is 0.0432. The van der Waals surface area contributed by atoms with Crippen molar-refractivity contribution in [2.24, 2.45) is 10.8 Å². The lowest BCUT2D eigenvalue weighted by molar-refractivity contribution is -0.146. The third kappa shape index (κ3) is 8.60. The Morgan fingerprint density at radius 1 is 1.08 bits per heavy atom. The van der Waals surface area contributed by atoms with Gasteiger partial charge in [0.1, 0.15) is 12.1 Å². The summed E-state index contributed by atoms with van der Waals surface area (Å²) in [6.07, 6.45) is -0.673. The van der Waals surface area contributed by atoms with Gasteiger partial charge in [0.05, 0.1) is 38.9 Å². The van der Waals surface area contributed by atoms with Gasteiger partial charge >= 0.3 is 0 Å². The molecule has 3 amide bonds. The summed E-state index contributed by atoms with van der Waals surface area (Å²) in [6, 6.07) is 12.4. The Morgan fingerprint density at radius 3 is 2.51 bits per heavy atom. The fraction of sp³-hybridized carbons (Fsp3) is 0.500. The Labute approximate surface area is 326 Å². The number of hydrogen-bond donors (Lipinski definition) is 4. The minimum Gasteiger partial charge on any atom is -0.391 e. The molecule has 7 rings (SSSR count). The molecule has 0 bridgehead atoms. The number of aliphatic hydroxyl groups excluding tert-OH is 1. The zero-order valence-corrected chi connectivity index (χ0v) is 33.7. The van der Waals surface area contributed by atoms with Crippen molar-refractivity contribution in [1.29, 1.82) is 0 Å². The van der Waals surface area contributed by atoms with Gasteiger partial charge < -0.3 is 30.9 Å². The van der Waals surface area contributed by atoms with E-state index in [0.717, 1.165) is 80.8 Å². The number of likely N-dealkylation sites (tertiary alicyclic amines) is 3. The fourth-order valence-electron chi connectivity index (χ4n) is 7.76. The number of nitrogens with zero attached hydrogens (tertiary/aromatic N) is 5. The molecule has 53 heavy (non-hydrogen) atoms. The second kappa shape index (κ2) is 15.3. The van der Waals surface area contributed by atoms with Gasteiger partial charge in [-0.3, -0.25) is 19.3 Å². The zero-order chi connectivity index (χ0) is 37.5. The van der Waals surface area contributed by atoms with Crippen molar-refractivity contribution in [2.45, 2.75) is 58.8 Å². The predicted octanol–water partition coefficient (Wildman–Crippen LogP) is 4.33. The molecule has 2 aromatic carbocycles. The van der Waals surface area contributed by atoms with Gasteiger partial charge in [-0.05, 0) is 41.7 Å². The second-order valence-corrected chi connectivity index (χ2v) is 18.7. The highest BCUT2D eigenvalue weighted by molar-refractivity contribution is 9.10. The molecule has 0 aliphatic carbocycles. The number of benzene rings is 2. The van der Waals surface area contributed by atoms with Gasteiger partial charge in [0.2, 0.25) is 17.7 Å². The third-order valence-corrected chi connectivity index (χ3v) is 12.8. The molecule has 282 valence electrons. The Morgan fingerprint density at radius 2 is 1.81 bits per heavy atom. The Hall–Kier alpha value is -3.47. The average molecular weight is 824 g/mol. The number of aryl methyl sites for hydroxylation is 1. The smallest absolute Gasteiger partial charge is 0.246 e. The number of hydrogen-bond acceptors (Lipinski definition) is 11. The molecular formula is C38H47BrN8O4S2. The lowest BCUT2D eigenvalue weighted by Crippen LogP contribution is -2.73. The lowest BCUT2D eigenvalue weighted by atomic mass is 9.73. The van der Waals surface area contributed by atoms with E-state index in [-0.39, 0.29) is 42.6 Å². The molecule has 4 aromatic rings. The van der Waals surface area contributed by atoms with Crippen LogP contribution in [0.4, 0.5) is 5.13 Å². The summed E-state index contributed by atoms with van der Waals surface area (Å²) >= 11 is 6.77. The van der Waals surface area contributed by atoms with Crippen molar-refractivity contribution >= 4 is 71.7 Å². The van der Waals surface area contributed by atoms with Crippen molar-refractivity contribution in [2.75, 3.05) is 57.7 Å². The van der Waals surface area contributed by atoms with Crippen molar-refractivity contribution in [1.82, 2.24) is 35.3 Å². The van der Waals surface area contributed by atoms with Crippen molar-refractivity contribution in [3.05, 3.63) is 63.7 Å². The topological polar surface area (TPSA) is 143 Å². The monoisotopic (exact) mass is 822 g/mol. The average Bonchev–Trinajstić information content (AvgIpc) is 3.80. The van der Waals surface area contributed by atoms with Crippen LogP contribution in [0.3, 0.4) is 0 Å². The summed E-state index contributed by atoms with van der Waals surface area (Å²) in [5, 5.41) is 20.9. The third-order valence-electron chi connectivity index (χ3n) is 10.4. The molecule has 0 radical (unpaired) electrons. The molecule has 3 saturated heterocycles. The fourth-order valence-corrected chi connectivity index (χ4v) is 10.0. The standard InChI is InChI=1S/C38H47BrN8O4S2/c1-23-32(52-22-42-23)25-7-5-24(6-8-25)15-41-34(50)29-14-27(48)16-47(29)35(51)33(37(2,3)4)44-31(49)17-46-20-38(21-46)18-45(19-38)12-11-40-36-43-28-10-9-26(39)13-30(28)53-36/h5-10,13,22,27,29,33,48H,11-12,14-21H2,1-4H3,(H,40,43)(H,41,50)(H,44,49)/t27-,29+,33-/m1/s1. The maximum Gasteiger partial charge on any atom is 0.246 e. The second-order valence-electron chi connectivity index (χ2n) is 15.9. The number of nitrogens with one attached hydrogen (secondary N) is 3. The summed E-state index contributed by atoms with van der Waals surface area (Å²) in [7, 11) is 0. The largest absolute Gasteiger partial charge is 0.391 e. The summed E-state index contributed by atoms with van der Waals surface area (Å²) in [5.41, 5.74) is 5.41. The van der Waals surface area contributed by atoms with Crippen molar-refractivity contribution < 1.29 is 19.5 Å². The summed E-state index contributed by atoms with van der Waals surface area (Å²) in [5.74, 6) is -0.888. The maximum atomic E-state index is 14.0. The van der Waals surface area contributed by atoms with Crippen LogP contribution in [0.25, 0.3) is 20.7 Å². The van der Waals surface area contributed by atoms with Crippen LogP contribution in [-0.2, 0) is 20.9 Å². The van der Waals surface area contributed by atoms with Crippen LogP contribution < -0.4 is 16.0 Å². The van der Waals surface area contributed by atoms with Crippen LogP contribution in [0.15, 0.2) is 52.4 Å². The lowest BCUT2D eigenvalue weighted by Gasteiger charge is -2.60. The molecule has 3 aliphatic heterocycles. The molecule has 3 fully saturated rings. The summed E-state index contributed by atoms with van der Waals surface area (Å²) in [4.78, 5) is 56.9. The molecular weight excluding hydrogens is 777 g/mol. The van der Waals surface area contributed by atoms with Gasteiger partial charge in [-0.1, -0.05) is 72.3 Å². The molecule has 0 saturated carbocycles. The van der Waals surface area contributed by atoms with Crippen molar-refractivity contribution in [3.63, 3.8) is 0 Å². The maximum absolute atomic E-state index is 14.0. The molecule has 12 nitrogen and oxygen atoms in total. The number of fused-ring (bicyclic) bond motifs is 1. The highest BCUT2D eigenvalue weighted by Crippen LogP contribution is 2.39. The molecule has 15 heteroatoms. The van der Waals surface area contributed by atoms with E-state index in [2.05, 4.69) is 57.7 Å². The SMILES string of the molecule is Cc1ncsc1-c1ccc(CNC(=O)[C@@H]2C[C@@H](O)CN2C(=O)[C@@H](NC(=O)CN2CC3(CN(CCNc4nc5ccc(Br)cc5s4)C3)C2)C(C)(C)C)cc1. The van der Waals surface area contributed by atoms with Crippen LogP contribution >= 0.6 is 38.6 Å². The highest BCUT2D eigenvalue weighted by atomic mass is 79.9. The number of halogens is 1. The first-order valence-corrected chi connectivity index (χ1v) is 20.5. The van der Waals surface area contributed by atoms with Gasteiger partial charge in [0.25, 0.3) is 0 Å². The van der Waals surface area contributed by atoms with Gasteiger partial charge in [-0.15, -0.1) is 11.3 Å². The number of aliphatic hydroxyl groups is 1. The molecule has 3 atom stereocenters. The number of carbonyl (C=O) groups excluding carboxylic acids is 3. The number of aromatic nitrogens is 2. The number of carbonyl (C=O) groups is 3. The number of amides is 3. The number of β-amino-alcohol motifs (C(OH)–C–C–N with tert-alkyl or cyclic N) is 1. The van der Waals surface area contributed by atoms with E-state index in [1.54, 1.807) is 22.7 Å². The first kappa shape index (κ1) is 37.8. The zero-order valence-electron chi connectivity index (χ0n) is 30.5. The molecule has 2 aromatic heterocycles. The summed E-state index contributed by atoms with van der Waals surface area (Å²) < 4.78 is 2.20. The van der Waals surface area contributed by atoms with Crippen LogP contribution in [0, 0.1) is 17.8 Å². The van der Waals surface area contributed by atoms with Crippen LogP contribution in [0.2, 0.25) is 0 Å². The van der Waals surface area contributed by atoms with E-state index < -0.39 is 23.6 Å². The highest BCUT2D eigenvalue weighted by Gasteiger charge is 2.52. The van der Waals surface area contributed by atoms with Crippen LogP contribution in [0.1, 0.15) is 38.4 Å². The van der Waals surface area contributed by atoms with E-state index in [1.165, 1.54) is 4.90 Å². The van der Waals surface area contributed by atoms with Gasteiger partial charge in [-0.2, -0.15) is 0 Å². The number of anilines is 1. The molecule has 1 spiro atoms. The van der Waals surface area contributed by atoms with Gasteiger partial charge in [0, 0.05) is 68.7 Å². The number of thiazole rings is 2. The predicted molar refractivity (Wildman–Crippen MR) is 213 cm³/mol. The van der Waals surface area contributed by atoms with E-state index in [0.29, 0.717) is 6.54 Å². The normalized spacial score (nSPS) is 20.6. The van der Waals surface area contributed by atoms with E-state index in [9.17, 15) is 19.5 Å². The first-order valence-electron chi connectivity index (χ1n) is 18.0.